The maximum atomic E-state index is 2.20. The van der Waals surface area contributed by atoms with E-state index in [1.807, 2.05) is 0 Å². The summed E-state index contributed by atoms with van der Waals surface area (Å²) >= 11 is 0. The van der Waals surface area contributed by atoms with Crippen molar-refractivity contribution in [2.45, 2.75) is 12.8 Å². The van der Waals surface area contributed by atoms with Crippen LogP contribution in [0.5, 0.6) is 0 Å². The summed E-state index contributed by atoms with van der Waals surface area (Å²) in [5, 5.41) is 0. The smallest absolute Gasteiger partial charge is 0 e. The van der Waals surface area contributed by atoms with Gasteiger partial charge in [-0.15, -0.1) is 0 Å². The van der Waals surface area contributed by atoms with E-state index in [0.29, 0.717) is 0 Å². The molecule has 0 amide bonds. The van der Waals surface area contributed by atoms with Gasteiger partial charge in [0.05, 0.1) is 0 Å². The first kappa shape index (κ1) is 13.9. The number of hydrogen-bond donors (Lipinski definition) is 0. The fourth-order valence-electron chi connectivity index (χ4n) is 2.39. The normalized spacial score (nSPS) is 13.1. The number of hydrogen-bond acceptors (Lipinski definition) is 0. The minimum absolute atomic E-state index is 0. The molecule has 0 bridgehead atoms. The molecule has 2 aromatic rings. The number of benzene rings is 2. The topological polar surface area (TPSA) is 0 Å². The van der Waals surface area contributed by atoms with Crippen molar-refractivity contribution in [2.75, 3.05) is 0 Å². The van der Waals surface area contributed by atoms with E-state index in [-0.39, 0.29) is 17.4 Å². The van der Waals surface area contributed by atoms with Gasteiger partial charge in [-0.2, -0.15) is 0 Å². The van der Waals surface area contributed by atoms with Gasteiger partial charge in [0.2, 0.25) is 0 Å². The van der Waals surface area contributed by atoms with Crippen LogP contribution < -0.4 is 0 Å². The van der Waals surface area contributed by atoms with Gasteiger partial charge in [-0.3, -0.25) is 0 Å². The Morgan fingerprint density at radius 2 is 1.00 bits per heavy atom. The van der Waals surface area contributed by atoms with Crippen molar-refractivity contribution in [1.29, 1.82) is 0 Å². The molecule has 0 fully saturated rings. The van der Waals surface area contributed by atoms with Crippen molar-refractivity contribution in [2.24, 2.45) is 0 Å². The van der Waals surface area contributed by atoms with Crippen LogP contribution in [0.2, 0.25) is 0 Å². The van der Waals surface area contributed by atoms with Crippen LogP contribution in [-0.2, 0) is 30.2 Å². The summed E-state index contributed by atoms with van der Waals surface area (Å²) in [5.41, 5.74) is 5.69. The predicted molar refractivity (Wildman–Crippen MR) is 78.4 cm³/mol. The van der Waals surface area contributed by atoms with E-state index in [4.69, 9.17) is 0 Å². The second kappa shape index (κ2) is 6.57. The van der Waals surface area contributed by atoms with Gasteiger partial charge in [-0.25, -0.2) is 0 Å². The maximum absolute atomic E-state index is 2.20. The molecule has 2 aliphatic carbocycles. The van der Waals surface area contributed by atoms with Crippen molar-refractivity contribution in [3.63, 3.8) is 0 Å². The molecule has 19 heavy (non-hydrogen) atoms. The van der Waals surface area contributed by atoms with Crippen LogP contribution in [0.4, 0.5) is 0 Å². The molecule has 0 aliphatic heterocycles. The van der Waals surface area contributed by atoms with Crippen LogP contribution in [0, 0.1) is 0 Å². The minimum atomic E-state index is 0. The summed E-state index contributed by atoms with van der Waals surface area (Å²) in [5.74, 6) is 0. The first-order chi connectivity index (χ1) is 8.93. The maximum Gasteiger partial charge on any atom is 0 e. The quantitative estimate of drug-likeness (QED) is 0.667. The molecule has 0 N–H and O–H groups in total. The average Bonchev–Trinajstić information content (AvgIpc) is 3.08. The number of fused-ring (bicyclic) bond motifs is 2. The summed E-state index contributed by atoms with van der Waals surface area (Å²) in [6.45, 7) is 0. The molecule has 0 heterocycles. The van der Waals surface area contributed by atoms with Crippen LogP contribution in [0.3, 0.4) is 0 Å². The third-order valence-corrected chi connectivity index (χ3v) is 3.38. The van der Waals surface area contributed by atoms with Gasteiger partial charge in [0.15, 0.2) is 0 Å². The van der Waals surface area contributed by atoms with Crippen LogP contribution in [-0.4, -0.2) is 0 Å². The molecule has 0 unspecified atom stereocenters. The van der Waals surface area contributed by atoms with Crippen molar-refractivity contribution < 1.29 is 17.4 Å². The fraction of sp³-hybridized carbons (Fsp3) is 0.111. The molecule has 0 spiro atoms. The Hall–Kier alpha value is -1.55. The number of allylic oxidation sites excluding steroid dienone is 2. The molecule has 4 rings (SSSR count). The molecule has 0 saturated carbocycles. The first-order valence-corrected chi connectivity index (χ1v) is 6.42. The van der Waals surface area contributed by atoms with Gasteiger partial charge in [0.1, 0.15) is 0 Å². The standard InChI is InChI=1S/2C9H8.Cr/c2*1-2-5-9-7-3-6-8(9)4-1;/h2*1-6H,7H2;. The Kier molecular flexibility index (Phi) is 4.80. The van der Waals surface area contributed by atoms with Gasteiger partial charge in [-0.1, -0.05) is 72.8 Å². The third-order valence-electron chi connectivity index (χ3n) is 3.38. The SMILES string of the molecule is C1=Cc2ccccc2C1.C1=Cc2ccccc2C1.[Cr]. The third kappa shape index (κ3) is 3.26. The Labute approximate surface area is 125 Å². The van der Waals surface area contributed by atoms with Gasteiger partial charge in [-0.05, 0) is 35.1 Å². The average molecular weight is 284 g/mol. The molecule has 0 atom stereocenters. The summed E-state index contributed by atoms with van der Waals surface area (Å²) < 4.78 is 0. The van der Waals surface area contributed by atoms with E-state index in [1.165, 1.54) is 22.3 Å². The number of rotatable bonds is 0. The first-order valence-electron chi connectivity index (χ1n) is 6.42. The van der Waals surface area contributed by atoms with E-state index >= 15 is 0 Å². The molecular weight excluding hydrogens is 268 g/mol. The van der Waals surface area contributed by atoms with Crippen molar-refractivity contribution in [3.05, 3.63) is 82.9 Å². The van der Waals surface area contributed by atoms with Crippen molar-refractivity contribution in [3.8, 4) is 0 Å². The summed E-state index contributed by atoms with van der Waals surface area (Å²) in [7, 11) is 0. The zero-order chi connectivity index (χ0) is 12.2. The Balaban J connectivity index is 0.000000133. The van der Waals surface area contributed by atoms with Crippen molar-refractivity contribution in [1.82, 2.24) is 0 Å². The van der Waals surface area contributed by atoms with E-state index in [2.05, 4.69) is 72.8 Å². The minimum Gasteiger partial charge on any atom is -0.0795 e. The summed E-state index contributed by atoms with van der Waals surface area (Å²) in [6.07, 6.45) is 11.0. The summed E-state index contributed by atoms with van der Waals surface area (Å²) in [4.78, 5) is 0. The molecule has 0 radical (unpaired) electrons. The molecule has 0 aromatic heterocycles. The molecule has 94 valence electrons. The van der Waals surface area contributed by atoms with Gasteiger partial charge >= 0.3 is 0 Å². The summed E-state index contributed by atoms with van der Waals surface area (Å²) in [6, 6.07) is 17.0. The molecule has 2 aromatic carbocycles. The molecule has 1 heteroatoms. The van der Waals surface area contributed by atoms with Crippen LogP contribution in [0.15, 0.2) is 60.7 Å². The Morgan fingerprint density at radius 3 is 1.42 bits per heavy atom. The Morgan fingerprint density at radius 1 is 0.579 bits per heavy atom. The zero-order valence-corrected chi connectivity index (χ0v) is 12.0. The van der Waals surface area contributed by atoms with E-state index < -0.39 is 0 Å². The van der Waals surface area contributed by atoms with E-state index in [9.17, 15) is 0 Å². The van der Waals surface area contributed by atoms with Crippen molar-refractivity contribution >= 4 is 12.2 Å². The van der Waals surface area contributed by atoms with Crippen LogP contribution in [0.25, 0.3) is 12.2 Å². The fourth-order valence-corrected chi connectivity index (χ4v) is 2.39. The van der Waals surface area contributed by atoms with E-state index in [1.54, 1.807) is 0 Å². The molecule has 2 aliphatic rings. The second-order valence-electron chi connectivity index (χ2n) is 4.61. The van der Waals surface area contributed by atoms with Crippen LogP contribution in [0.1, 0.15) is 22.3 Å². The van der Waals surface area contributed by atoms with Crippen LogP contribution >= 0.6 is 0 Å². The monoisotopic (exact) mass is 284 g/mol. The van der Waals surface area contributed by atoms with Gasteiger partial charge in [0, 0.05) is 17.4 Å². The zero-order valence-electron chi connectivity index (χ0n) is 10.8. The van der Waals surface area contributed by atoms with E-state index in [0.717, 1.165) is 12.8 Å². The van der Waals surface area contributed by atoms with Gasteiger partial charge in [0.25, 0.3) is 0 Å². The van der Waals surface area contributed by atoms with Gasteiger partial charge < -0.3 is 0 Å². The predicted octanol–water partition coefficient (Wildman–Crippen LogP) is 4.51. The largest absolute Gasteiger partial charge is 0.0795 e. The molecule has 0 saturated heterocycles. The Bertz CT molecular complexity index is 553. The molecule has 0 nitrogen and oxygen atoms in total. The second-order valence-corrected chi connectivity index (χ2v) is 4.61. The molecular formula is C18H16Cr.